The molecule has 0 saturated heterocycles. The second kappa shape index (κ2) is 11.1. The maximum Gasteiger partial charge on any atom is 0.171 e. The molecule has 3 aromatic rings. The third-order valence-electron chi connectivity index (χ3n) is 3.48. The molecule has 0 aromatic carbocycles. The summed E-state index contributed by atoms with van der Waals surface area (Å²) in [4.78, 5) is 23.4. The average Bonchev–Trinajstić information content (AvgIpc) is 3.19. The van der Waals surface area contributed by atoms with Crippen LogP contribution in [0.5, 0.6) is 0 Å². The van der Waals surface area contributed by atoms with Crippen molar-refractivity contribution < 1.29 is 9.68 Å². The van der Waals surface area contributed by atoms with Crippen molar-refractivity contribution in [1.82, 2.24) is 15.0 Å². The van der Waals surface area contributed by atoms with E-state index in [1.807, 2.05) is 24.3 Å². The molecular weight excluding hydrogens is 437 g/mol. The summed E-state index contributed by atoms with van der Waals surface area (Å²) in [5.74, 6) is 0.527. The normalized spacial score (nSPS) is 11.2. The number of hydrogen-bond donors (Lipinski definition) is 2. The van der Waals surface area contributed by atoms with E-state index in [0.717, 1.165) is 21.3 Å². The lowest BCUT2D eigenvalue weighted by molar-refractivity contribution is 0.213. The third-order valence-corrected chi connectivity index (χ3v) is 4.52. The maximum atomic E-state index is 5.77. The molecule has 0 amide bonds. The van der Waals surface area contributed by atoms with Crippen LogP contribution < -0.4 is 11.5 Å². The van der Waals surface area contributed by atoms with Gasteiger partial charge in [0.2, 0.25) is 0 Å². The van der Waals surface area contributed by atoms with Crippen LogP contribution in [-0.4, -0.2) is 40.8 Å². The third kappa shape index (κ3) is 5.76. The molecule has 0 unspecified atom stereocenters. The number of amidine groups is 2. The number of oxime groups is 2. The van der Waals surface area contributed by atoms with E-state index in [9.17, 15) is 0 Å². The lowest BCUT2D eigenvalue weighted by atomic mass is 10.2. The van der Waals surface area contributed by atoms with Gasteiger partial charge in [-0.3, -0.25) is 9.97 Å². The fourth-order valence-corrected chi connectivity index (χ4v) is 3.05. The molecule has 0 spiro atoms. The first-order chi connectivity index (χ1) is 13.1. The van der Waals surface area contributed by atoms with E-state index in [1.165, 1.54) is 25.6 Å². The van der Waals surface area contributed by atoms with E-state index in [-0.39, 0.29) is 36.5 Å². The molecule has 12 heteroatoms. The van der Waals surface area contributed by atoms with E-state index < -0.39 is 0 Å². The van der Waals surface area contributed by atoms with Crippen LogP contribution in [0, 0.1) is 0 Å². The highest BCUT2D eigenvalue weighted by Gasteiger charge is 2.10. The number of thiazole rings is 1. The first-order valence-electron chi connectivity index (χ1n) is 7.75. The maximum absolute atomic E-state index is 5.77. The highest BCUT2D eigenvalue weighted by molar-refractivity contribution is 7.18. The zero-order valence-corrected chi connectivity index (χ0v) is 17.9. The smallest absolute Gasteiger partial charge is 0.171 e. The molecule has 0 aliphatic rings. The van der Waals surface area contributed by atoms with Gasteiger partial charge in [0.25, 0.3) is 0 Å². The fourth-order valence-electron chi connectivity index (χ4n) is 2.18. The molecule has 0 bridgehead atoms. The van der Waals surface area contributed by atoms with Gasteiger partial charge in [0.15, 0.2) is 11.7 Å². The van der Waals surface area contributed by atoms with Crippen molar-refractivity contribution in [3.8, 4) is 21.3 Å². The predicted octanol–water partition coefficient (Wildman–Crippen LogP) is 2.64. The highest BCUT2D eigenvalue weighted by atomic mass is 35.5. The van der Waals surface area contributed by atoms with Gasteiger partial charge in [-0.15, -0.1) is 36.2 Å². The van der Waals surface area contributed by atoms with Crippen molar-refractivity contribution in [2.24, 2.45) is 21.8 Å². The molecule has 0 aliphatic carbocycles. The van der Waals surface area contributed by atoms with Crippen LogP contribution in [0.2, 0.25) is 0 Å². The van der Waals surface area contributed by atoms with Crippen LogP contribution >= 0.6 is 36.2 Å². The van der Waals surface area contributed by atoms with E-state index in [2.05, 4.69) is 34.9 Å². The minimum absolute atomic E-state index is 0. The van der Waals surface area contributed by atoms with Gasteiger partial charge in [0.05, 0.1) is 16.3 Å². The van der Waals surface area contributed by atoms with Crippen LogP contribution in [0.3, 0.4) is 0 Å². The minimum Gasteiger partial charge on any atom is -0.397 e. The van der Waals surface area contributed by atoms with Crippen molar-refractivity contribution in [2.45, 2.75) is 0 Å². The number of aromatic nitrogens is 3. The number of halogens is 2. The molecule has 3 aromatic heterocycles. The Morgan fingerprint density at radius 1 is 0.793 bits per heavy atom. The van der Waals surface area contributed by atoms with Gasteiger partial charge >= 0.3 is 0 Å². The summed E-state index contributed by atoms with van der Waals surface area (Å²) in [5.41, 5.74) is 14.4. The summed E-state index contributed by atoms with van der Waals surface area (Å²) in [7, 11) is 2.87. The zero-order valence-electron chi connectivity index (χ0n) is 15.5. The van der Waals surface area contributed by atoms with Gasteiger partial charge in [0, 0.05) is 29.7 Å². The number of pyridine rings is 2. The minimum atomic E-state index is 0. The van der Waals surface area contributed by atoms with E-state index >= 15 is 0 Å². The van der Waals surface area contributed by atoms with Gasteiger partial charge in [-0.05, 0) is 24.3 Å². The van der Waals surface area contributed by atoms with E-state index in [0.29, 0.717) is 11.1 Å². The Balaban J connectivity index is 0.00000210. The Morgan fingerprint density at radius 2 is 1.31 bits per heavy atom. The second-order valence-corrected chi connectivity index (χ2v) is 6.24. The Labute approximate surface area is 183 Å². The van der Waals surface area contributed by atoms with Crippen LogP contribution in [0.1, 0.15) is 11.1 Å². The van der Waals surface area contributed by atoms with Gasteiger partial charge in [-0.25, -0.2) is 4.98 Å². The summed E-state index contributed by atoms with van der Waals surface area (Å²) in [6.07, 6.45) is 5.02. The largest absolute Gasteiger partial charge is 0.397 e. The Kier molecular flexibility index (Phi) is 9.26. The lowest BCUT2D eigenvalue weighted by Crippen LogP contribution is -2.13. The second-order valence-electron chi connectivity index (χ2n) is 5.21. The van der Waals surface area contributed by atoms with Crippen molar-refractivity contribution in [2.75, 3.05) is 14.2 Å². The Bertz CT molecular complexity index is 898. The molecule has 29 heavy (non-hydrogen) atoms. The Morgan fingerprint density at radius 3 is 1.76 bits per heavy atom. The van der Waals surface area contributed by atoms with Crippen LogP contribution in [0.15, 0.2) is 53.2 Å². The fraction of sp³-hybridized carbons (Fsp3) is 0.118. The average molecular weight is 456 g/mol. The first kappa shape index (κ1) is 24.1. The topological polar surface area (TPSA) is 134 Å². The van der Waals surface area contributed by atoms with Gasteiger partial charge in [0.1, 0.15) is 19.2 Å². The molecule has 3 rings (SSSR count). The summed E-state index contributed by atoms with van der Waals surface area (Å²) in [5, 5.41) is 8.13. The number of nitrogens with two attached hydrogens (primary N) is 2. The van der Waals surface area contributed by atoms with Crippen LogP contribution in [-0.2, 0) is 9.68 Å². The van der Waals surface area contributed by atoms with Crippen LogP contribution in [0.4, 0.5) is 0 Å². The van der Waals surface area contributed by atoms with Crippen molar-refractivity contribution in [3.63, 3.8) is 0 Å². The van der Waals surface area contributed by atoms with Gasteiger partial charge in [-0.1, -0.05) is 10.3 Å². The standard InChI is InChI=1S/C17H17N7O2S.2ClH/c1-25-23-15(18)10-3-5-12(20-7-10)14-9-22-17(27-14)13-6-4-11(8-21-13)16(19)24-26-2;;/h3-9H,1-2H3,(H2,18,23)(H2,19,24);2*1H. The van der Waals surface area contributed by atoms with E-state index in [4.69, 9.17) is 11.5 Å². The molecule has 0 fully saturated rings. The van der Waals surface area contributed by atoms with Gasteiger partial charge in [-0.2, -0.15) is 0 Å². The molecule has 3 heterocycles. The Hall–Kier alpha value is -2.95. The number of hydrogen-bond acceptors (Lipinski definition) is 8. The van der Waals surface area contributed by atoms with Crippen LogP contribution in [0.25, 0.3) is 21.3 Å². The molecule has 0 radical (unpaired) electrons. The molecule has 0 atom stereocenters. The SMILES string of the molecule is CO/N=C(\N)c1ccc(-c2cnc(-c3ccc(/C(N)=N\OC)cn3)s2)nc1.Cl.Cl. The molecule has 9 nitrogen and oxygen atoms in total. The summed E-state index contributed by atoms with van der Waals surface area (Å²) in [6.45, 7) is 0. The number of rotatable bonds is 6. The summed E-state index contributed by atoms with van der Waals surface area (Å²) < 4.78 is 0. The van der Waals surface area contributed by atoms with Crippen molar-refractivity contribution in [1.29, 1.82) is 0 Å². The zero-order chi connectivity index (χ0) is 19.2. The molecule has 0 aliphatic heterocycles. The first-order valence-corrected chi connectivity index (χ1v) is 8.56. The molecular formula is C17H19Cl2N7O2S. The quantitative estimate of drug-likeness (QED) is 0.331. The number of nitrogens with zero attached hydrogens (tertiary/aromatic N) is 5. The van der Waals surface area contributed by atoms with Crippen molar-refractivity contribution >= 4 is 47.8 Å². The van der Waals surface area contributed by atoms with Gasteiger partial charge < -0.3 is 21.1 Å². The summed E-state index contributed by atoms with van der Waals surface area (Å²) >= 11 is 1.48. The molecule has 4 N–H and O–H groups in total. The molecule has 154 valence electrons. The lowest BCUT2D eigenvalue weighted by Gasteiger charge is -2.01. The molecule has 0 saturated carbocycles. The van der Waals surface area contributed by atoms with Crippen molar-refractivity contribution in [3.05, 3.63) is 54.0 Å². The van der Waals surface area contributed by atoms with E-state index in [1.54, 1.807) is 18.6 Å². The predicted molar refractivity (Wildman–Crippen MR) is 119 cm³/mol. The summed E-state index contributed by atoms with van der Waals surface area (Å²) in [6, 6.07) is 7.31. The monoisotopic (exact) mass is 455 g/mol. The highest BCUT2D eigenvalue weighted by Crippen LogP contribution is 2.30.